The van der Waals surface area contributed by atoms with E-state index < -0.39 is 5.97 Å². The smallest absolute Gasteiger partial charge is 0.313 e. The molecule has 0 aliphatic carbocycles. The molecule has 1 aromatic carbocycles. The van der Waals surface area contributed by atoms with E-state index in [0.29, 0.717) is 25.9 Å². The predicted octanol–water partition coefficient (Wildman–Crippen LogP) is 1.68. The first-order chi connectivity index (χ1) is 11.1. The highest BCUT2D eigenvalue weighted by atomic mass is 32.2. The number of likely N-dealkylation sites (tertiary alicyclic amines) is 1. The Morgan fingerprint density at radius 1 is 1.13 bits per heavy atom. The molecule has 2 N–H and O–H groups in total. The second-order valence-electron chi connectivity index (χ2n) is 5.40. The summed E-state index contributed by atoms with van der Waals surface area (Å²) in [6.07, 6.45) is 1.27. The van der Waals surface area contributed by atoms with Gasteiger partial charge in [-0.3, -0.25) is 14.4 Å². The molecule has 0 saturated carbocycles. The zero-order valence-corrected chi connectivity index (χ0v) is 13.6. The summed E-state index contributed by atoms with van der Waals surface area (Å²) in [6.45, 7) is 1.08. The van der Waals surface area contributed by atoms with Gasteiger partial charge in [-0.1, -0.05) is 18.2 Å². The fraction of sp³-hybridized carbons (Fsp3) is 0.438. The van der Waals surface area contributed by atoms with Crippen molar-refractivity contribution in [2.24, 2.45) is 5.92 Å². The number of carboxylic acids is 1. The zero-order chi connectivity index (χ0) is 16.7. The molecule has 0 radical (unpaired) electrons. The van der Waals surface area contributed by atoms with Crippen molar-refractivity contribution in [3.63, 3.8) is 0 Å². The summed E-state index contributed by atoms with van der Waals surface area (Å²) in [5.74, 6) is -0.971. The first-order valence-electron chi connectivity index (χ1n) is 7.49. The van der Waals surface area contributed by atoms with E-state index in [1.54, 1.807) is 4.90 Å². The number of para-hydroxylation sites is 1. The molecule has 1 aliphatic rings. The van der Waals surface area contributed by atoms with Crippen molar-refractivity contribution in [1.29, 1.82) is 0 Å². The van der Waals surface area contributed by atoms with Gasteiger partial charge in [0.2, 0.25) is 11.8 Å². The maximum absolute atomic E-state index is 12.2. The largest absolute Gasteiger partial charge is 0.481 e. The molecule has 0 aromatic heterocycles. The van der Waals surface area contributed by atoms with Crippen LogP contribution in [0.4, 0.5) is 5.69 Å². The monoisotopic (exact) mass is 336 g/mol. The molecule has 0 bridgehead atoms. The van der Waals surface area contributed by atoms with Crippen molar-refractivity contribution in [1.82, 2.24) is 4.90 Å². The number of thioether (sulfide) groups is 1. The molecular formula is C16H20N2O4S. The number of nitrogens with one attached hydrogen (secondary N) is 1. The first-order valence-corrected chi connectivity index (χ1v) is 8.65. The number of rotatable bonds is 6. The quantitative estimate of drug-likeness (QED) is 0.825. The topological polar surface area (TPSA) is 86.7 Å². The third kappa shape index (κ3) is 5.59. The minimum Gasteiger partial charge on any atom is -0.481 e. The van der Waals surface area contributed by atoms with Crippen LogP contribution in [-0.4, -0.2) is 52.4 Å². The molecule has 0 atom stereocenters. The molecule has 23 heavy (non-hydrogen) atoms. The summed E-state index contributed by atoms with van der Waals surface area (Å²) in [5, 5.41) is 11.5. The molecule has 7 heteroatoms. The number of benzene rings is 1. The Balaban J connectivity index is 1.73. The van der Waals surface area contributed by atoms with E-state index in [4.69, 9.17) is 5.11 Å². The molecule has 1 saturated heterocycles. The number of piperidine rings is 1. The lowest BCUT2D eigenvalue weighted by Crippen LogP contribution is -2.42. The summed E-state index contributed by atoms with van der Waals surface area (Å²) in [6, 6.07) is 9.31. The van der Waals surface area contributed by atoms with Crippen LogP contribution in [0.25, 0.3) is 0 Å². The Kier molecular flexibility index (Phi) is 6.46. The lowest BCUT2D eigenvalue weighted by Gasteiger charge is -2.31. The molecule has 6 nitrogen and oxygen atoms in total. The molecule has 1 fully saturated rings. The normalized spacial score (nSPS) is 15.2. The van der Waals surface area contributed by atoms with Gasteiger partial charge in [0.25, 0.3) is 0 Å². The van der Waals surface area contributed by atoms with Gasteiger partial charge in [0.15, 0.2) is 0 Å². The average Bonchev–Trinajstić information content (AvgIpc) is 2.55. The number of hydrogen-bond donors (Lipinski definition) is 2. The minimum atomic E-state index is -0.918. The highest BCUT2D eigenvalue weighted by molar-refractivity contribution is 8.00. The van der Waals surface area contributed by atoms with E-state index in [1.807, 2.05) is 30.3 Å². The van der Waals surface area contributed by atoms with Crippen LogP contribution >= 0.6 is 11.8 Å². The Hall–Kier alpha value is -2.02. The van der Waals surface area contributed by atoms with Crippen molar-refractivity contribution in [2.45, 2.75) is 12.8 Å². The molecule has 1 heterocycles. The van der Waals surface area contributed by atoms with Gasteiger partial charge in [-0.25, -0.2) is 0 Å². The molecular weight excluding hydrogens is 316 g/mol. The fourth-order valence-electron chi connectivity index (χ4n) is 2.47. The molecule has 0 spiro atoms. The second-order valence-corrected chi connectivity index (χ2v) is 6.38. The van der Waals surface area contributed by atoms with Gasteiger partial charge in [-0.2, -0.15) is 0 Å². The van der Waals surface area contributed by atoms with Gasteiger partial charge >= 0.3 is 5.97 Å². The summed E-state index contributed by atoms with van der Waals surface area (Å²) >= 11 is 1.10. The Morgan fingerprint density at radius 3 is 2.39 bits per heavy atom. The van der Waals surface area contributed by atoms with E-state index in [-0.39, 0.29) is 29.2 Å². The highest BCUT2D eigenvalue weighted by Crippen LogP contribution is 2.20. The van der Waals surface area contributed by atoms with Crippen molar-refractivity contribution in [3.05, 3.63) is 30.3 Å². The van der Waals surface area contributed by atoms with Crippen molar-refractivity contribution in [2.75, 3.05) is 29.9 Å². The maximum Gasteiger partial charge on any atom is 0.313 e. The second kappa shape index (κ2) is 8.57. The molecule has 1 aromatic rings. The van der Waals surface area contributed by atoms with E-state index >= 15 is 0 Å². The number of aliphatic carboxylic acids is 1. The van der Waals surface area contributed by atoms with Crippen LogP contribution in [0.1, 0.15) is 12.8 Å². The van der Waals surface area contributed by atoms with Gasteiger partial charge in [-0.05, 0) is 25.0 Å². The summed E-state index contributed by atoms with van der Waals surface area (Å²) in [5.41, 5.74) is 0.779. The number of anilines is 1. The van der Waals surface area contributed by atoms with Crippen LogP contribution in [0.5, 0.6) is 0 Å². The standard InChI is InChI=1S/C16H20N2O4S/c19-14(10-23-11-15(20)21)18-8-6-12(7-9-18)16(22)17-13-4-2-1-3-5-13/h1-5,12H,6-11H2,(H,17,22)(H,20,21). The van der Waals surface area contributed by atoms with Crippen LogP contribution in [0.2, 0.25) is 0 Å². The van der Waals surface area contributed by atoms with E-state index in [1.165, 1.54) is 0 Å². The van der Waals surface area contributed by atoms with Crippen LogP contribution in [0, 0.1) is 5.92 Å². The van der Waals surface area contributed by atoms with E-state index in [0.717, 1.165) is 17.4 Å². The first kappa shape index (κ1) is 17.3. The third-order valence-electron chi connectivity index (χ3n) is 3.71. The lowest BCUT2D eigenvalue weighted by atomic mass is 9.96. The SMILES string of the molecule is O=C(O)CSCC(=O)N1CCC(C(=O)Nc2ccccc2)CC1. The Labute approximate surface area is 139 Å². The van der Waals surface area contributed by atoms with Crippen molar-refractivity contribution in [3.8, 4) is 0 Å². The number of amides is 2. The molecule has 2 rings (SSSR count). The van der Waals surface area contributed by atoms with Crippen molar-refractivity contribution < 1.29 is 19.5 Å². The van der Waals surface area contributed by atoms with E-state index in [2.05, 4.69) is 5.32 Å². The summed E-state index contributed by atoms with van der Waals surface area (Å²) in [4.78, 5) is 36.3. The lowest BCUT2D eigenvalue weighted by molar-refractivity contribution is -0.133. The summed E-state index contributed by atoms with van der Waals surface area (Å²) < 4.78 is 0. The predicted molar refractivity (Wildman–Crippen MR) is 89.3 cm³/mol. The van der Waals surface area contributed by atoms with Crippen LogP contribution in [0.15, 0.2) is 30.3 Å². The molecule has 124 valence electrons. The molecule has 1 aliphatic heterocycles. The van der Waals surface area contributed by atoms with Gasteiger partial charge in [0, 0.05) is 24.7 Å². The van der Waals surface area contributed by atoms with Gasteiger partial charge < -0.3 is 15.3 Å². The summed E-state index contributed by atoms with van der Waals surface area (Å²) in [7, 11) is 0. The Morgan fingerprint density at radius 2 is 1.78 bits per heavy atom. The fourth-order valence-corrected chi connectivity index (χ4v) is 3.11. The Bertz CT molecular complexity index is 556. The number of carbonyl (C=O) groups excluding carboxylic acids is 2. The number of nitrogens with zero attached hydrogens (tertiary/aromatic N) is 1. The molecule has 0 unspecified atom stereocenters. The number of hydrogen-bond acceptors (Lipinski definition) is 4. The zero-order valence-electron chi connectivity index (χ0n) is 12.7. The van der Waals surface area contributed by atoms with Crippen LogP contribution in [-0.2, 0) is 14.4 Å². The van der Waals surface area contributed by atoms with Crippen molar-refractivity contribution >= 4 is 35.2 Å². The minimum absolute atomic E-state index is 0.0106. The third-order valence-corrected chi connectivity index (χ3v) is 4.61. The number of carboxylic acid groups (broad SMARTS) is 1. The molecule has 2 amide bonds. The van der Waals surface area contributed by atoms with E-state index in [9.17, 15) is 14.4 Å². The van der Waals surface area contributed by atoms with Gasteiger partial charge in [0.05, 0.1) is 11.5 Å². The van der Waals surface area contributed by atoms with Crippen LogP contribution in [0.3, 0.4) is 0 Å². The average molecular weight is 336 g/mol. The maximum atomic E-state index is 12.2. The van der Waals surface area contributed by atoms with Gasteiger partial charge in [-0.15, -0.1) is 11.8 Å². The highest BCUT2D eigenvalue weighted by Gasteiger charge is 2.27. The van der Waals surface area contributed by atoms with Gasteiger partial charge in [0.1, 0.15) is 0 Å². The van der Waals surface area contributed by atoms with Crippen LogP contribution < -0.4 is 5.32 Å². The number of carbonyl (C=O) groups is 3.